The van der Waals surface area contributed by atoms with E-state index in [4.69, 9.17) is 16.3 Å². The molecule has 26 heavy (non-hydrogen) atoms. The van der Waals surface area contributed by atoms with Crippen molar-refractivity contribution < 1.29 is 4.74 Å². The van der Waals surface area contributed by atoms with Gasteiger partial charge in [-0.05, 0) is 35.9 Å². The molecule has 0 saturated heterocycles. The molecule has 5 heteroatoms. The molecule has 4 rings (SSSR count). The van der Waals surface area contributed by atoms with Gasteiger partial charge in [-0.3, -0.25) is 4.98 Å². The molecular formula is C21H16ClN3O. The van der Waals surface area contributed by atoms with Gasteiger partial charge >= 0.3 is 0 Å². The predicted molar refractivity (Wildman–Crippen MR) is 105 cm³/mol. The zero-order valence-corrected chi connectivity index (χ0v) is 14.6. The Morgan fingerprint density at radius 1 is 0.923 bits per heavy atom. The number of pyridine rings is 2. The van der Waals surface area contributed by atoms with Gasteiger partial charge in [-0.15, -0.1) is 0 Å². The van der Waals surface area contributed by atoms with Gasteiger partial charge in [0.2, 0.25) is 0 Å². The van der Waals surface area contributed by atoms with Crippen LogP contribution in [0, 0.1) is 0 Å². The molecule has 0 aliphatic carbocycles. The second kappa shape index (κ2) is 7.42. The number of fused-ring (bicyclic) bond motifs is 1. The summed E-state index contributed by atoms with van der Waals surface area (Å²) in [6.07, 6.45) is 5.26. The van der Waals surface area contributed by atoms with Crippen LogP contribution < -0.4 is 10.1 Å². The summed E-state index contributed by atoms with van der Waals surface area (Å²) in [6.45, 7) is 0.548. The lowest BCUT2D eigenvalue weighted by Gasteiger charge is -2.11. The number of nitrogens with zero attached hydrogens (tertiary/aromatic N) is 2. The molecule has 0 radical (unpaired) electrons. The van der Waals surface area contributed by atoms with Crippen molar-refractivity contribution in [1.82, 2.24) is 9.97 Å². The Labute approximate surface area is 156 Å². The van der Waals surface area contributed by atoms with Crippen molar-refractivity contribution in [2.45, 2.75) is 6.61 Å². The Morgan fingerprint density at radius 3 is 2.54 bits per heavy atom. The highest BCUT2D eigenvalue weighted by Crippen LogP contribution is 2.27. The third-order valence-corrected chi connectivity index (χ3v) is 4.20. The highest BCUT2D eigenvalue weighted by atomic mass is 35.5. The minimum absolute atomic E-state index is 0.455. The molecule has 128 valence electrons. The summed E-state index contributed by atoms with van der Waals surface area (Å²) < 4.78 is 5.82. The standard InChI is InChI=1S/C21H16ClN3O/c22-21-10-19-16(12-24-21)11-23-13-20(19)25-17-6-8-18(9-7-17)26-14-15-4-2-1-3-5-15/h1-13,25H,14H2. The van der Waals surface area contributed by atoms with Crippen LogP contribution in [0.2, 0.25) is 5.15 Å². The Balaban J connectivity index is 1.49. The summed E-state index contributed by atoms with van der Waals surface area (Å²) in [5.74, 6) is 0.822. The van der Waals surface area contributed by atoms with Gasteiger partial charge in [-0.1, -0.05) is 41.9 Å². The fourth-order valence-electron chi connectivity index (χ4n) is 2.67. The van der Waals surface area contributed by atoms with Gasteiger partial charge < -0.3 is 10.1 Å². The highest BCUT2D eigenvalue weighted by molar-refractivity contribution is 6.30. The molecule has 0 spiro atoms. The summed E-state index contributed by atoms with van der Waals surface area (Å²) in [5.41, 5.74) is 2.96. The first-order chi connectivity index (χ1) is 12.8. The Hall–Kier alpha value is -3.11. The molecule has 1 N–H and O–H groups in total. The van der Waals surface area contributed by atoms with E-state index in [9.17, 15) is 0 Å². The van der Waals surface area contributed by atoms with E-state index < -0.39 is 0 Å². The number of hydrogen-bond donors (Lipinski definition) is 1. The Bertz CT molecular complexity index is 1020. The zero-order valence-electron chi connectivity index (χ0n) is 13.9. The lowest BCUT2D eigenvalue weighted by Crippen LogP contribution is -1.96. The fourth-order valence-corrected chi connectivity index (χ4v) is 2.83. The van der Waals surface area contributed by atoms with Crippen LogP contribution in [0.5, 0.6) is 5.75 Å². The summed E-state index contributed by atoms with van der Waals surface area (Å²) in [7, 11) is 0. The topological polar surface area (TPSA) is 47.0 Å². The molecule has 0 atom stereocenters. The maximum atomic E-state index is 6.02. The summed E-state index contributed by atoms with van der Waals surface area (Å²) in [4.78, 5) is 8.34. The number of hydrogen-bond acceptors (Lipinski definition) is 4. The van der Waals surface area contributed by atoms with Crippen molar-refractivity contribution in [3.8, 4) is 5.75 Å². The van der Waals surface area contributed by atoms with E-state index in [-0.39, 0.29) is 0 Å². The molecule has 2 heterocycles. The quantitative estimate of drug-likeness (QED) is 0.469. The summed E-state index contributed by atoms with van der Waals surface area (Å²) in [6, 6.07) is 19.8. The molecule has 4 nitrogen and oxygen atoms in total. The van der Waals surface area contributed by atoms with Crippen molar-refractivity contribution in [1.29, 1.82) is 0 Å². The van der Waals surface area contributed by atoms with Crippen LogP contribution in [0.4, 0.5) is 11.4 Å². The minimum Gasteiger partial charge on any atom is -0.489 e. The average molecular weight is 362 g/mol. The maximum Gasteiger partial charge on any atom is 0.129 e. The first kappa shape index (κ1) is 16.4. The molecule has 0 aliphatic rings. The first-order valence-corrected chi connectivity index (χ1v) is 8.59. The van der Waals surface area contributed by atoms with Gasteiger partial charge in [-0.2, -0.15) is 0 Å². The van der Waals surface area contributed by atoms with Crippen LogP contribution in [0.25, 0.3) is 10.8 Å². The van der Waals surface area contributed by atoms with Crippen molar-refractivity contribution >= 4 is 33.7 Å². The zero-order chi connectivity index (χ0) is 17.8. The molecule has 4 aromatic rings. The van der Waals surface area contributed by atoms with Crippen molar-refractivity contribution in [3.05, 3.63) is 90.0 Å². The molecule has 2 aromatic heterocycles. The van der Waals surface area contributed by atoms with Crippen LogP contribution >= 0.6 is 11.6 Å². The van der Waals surface area contributed by atoms with E-state index in [0.717, 1.165) is 33.5 Å². The molecule has 0 bridgehead atoms. The Kier molecular flexibility index (Phi) is 4.67. The Morgan fingerprint density at radius 2 is 1.73 bits per heavy atom. The van der Waals surface area contributed by atoms with Crippen molar-refractivity contribution in [3.63, 3.8) is 0 Å². The molecule has 0 unspecified atom stereocenters. The van der Waals surface area contributed by atoms with E-state index in [0.29, 0.717) is 11.8 Å². The van der Waals surface area contributed by atoms with E-state index in [1.807, 2.05) is 60.7 Å². The third-order valence-electron chi connectivity index (χ3n) is 3.99. The highest BCUT2D eigenvalue weighted by Gasteiger charge is 2.04. The van der Waals surface area contributed by atoms with Gasteiger partial charge in [0.1, 0.15) is 17.5 Å². The minimum atomic E-state index is 0.455. The van der Waals surface area contributed by atoms with Crippen molar-refractivity contribution in [2.24, 2.45) is 0 Å². The van der Waals surface area contributed by atoms with Gasteiger partial charge in [0, 0.05) is 28.9 Å². The smallest absolute Gasteiger partial charge is 0.129 e. The van der Waals surface area contributed by atoms with E-state index >= 15 is 0 Å². The van der Waals surface area contributed by atoms with Crippen LogP contribution in [-0.4, -0.2) is 9.97 Å². The van der Waals surface area contributed by atoms with E-state index in [1.165, 1.54) is 0 Å². The molecule has 2 aromatic carbocycles. The number of rotatable bonds is 5. The number of halogens is 1. The monoisotopic (exact) mass is 361 g/mol. The molecule has 0 amide bonds. The number of aromatic nitrogens is 2. The predicted octanol–water partition coefficient (Wildman–Crippen LogP) is 5.61. The molecule has 0 aliphatic heterocycles. The van der Waals surface area contributed by atoms with Gasteiger partial charge in [-0.25, -0.2) is 4.98 Å². The second-order valence-corrected chi connectivity index (χ2v) is 6.23. The van der Waals surface area contributed by atoms with Crippen LogP contribution in [0.3, 0.4) is 0 Å². The second-order valence-electron chi connectivity index (χ2n) is 5.84. The van der Waals surface area contributed by atoms with E-state index in [2.05, 4.69) is 15.3 Å². The summed E-state index contributed by atoms with van der Waals surface area (Å²) in [5, 5.41) is 5.73. The van der Waals surface area contributed by atoms with Crippen molar-refractivity contribution in [2.75, 3.05) is 5.32 Å². The summed E-state index contributed by atoms with van der Waals surface area (Å²) >= 11 is 6.02. The lowest BCUT2D eigenvalue weighted by molar-refractivity contribution is 0.306. The number of benzene rings is 2. The first-order valence-electron chi connectivity index (χ1n) is 8.21. The number of anilines is 2. The van der Waals surface area contributed by atoms with Crippen LogP contribution in [0.15, 0.2) is 79.3 Å². The average Bonchev–Trinajstić information content (AvgIpc) is 2.69. The van der Waals surface area contributed by atoms with E-state index in [1.54, 1.807) is 18.6 Å². The largest absolute Gasteiger partial charge is 0.489 e. The SMILES string of the molecule is Clc1cc2c(Nc3ccc(OCc4ccccc4)cc3)cncc2cn1. The molecular weight excluding hydrogens is 346 g/mol. The number of ether oxygens (including phenoxy) is 1. The van der Waals surface area contributed by atoms with Gasteiger partial charge in [0.05, 0.1) is 11.9 Å². The third kappa shape index (κ3) is 3.76. The van der Waals surface area contributed by atoms with Gasteiger partial charge in [0.15, 0.2) is 0 Å². The van der Waals surface area contributed by atoms with Gasteiger partial charge in [0.25, 0.3) is 0 Å². The van der Waals surface area contributed by atoms with Crippen LogP contribution in [-0.2, 0) is 6.61 Å². The van der Waals surface area contributed by atoms with Crippen LogP contribution in [0.1, 0.15) is 5.56 Å². The molecule has 0 fully saturated rings. The fraction of sp³-hybridized carbons (Fsp3) is 0.0476. The number of nitrogens with one attached hydrogen (secondary N) is 1. The maximum absolute atomic E-state index is 6.02. The molecule has 0 saturated carbocycles. The lowest BCUT2D eigenvalue weighted by atomic mass is 10.2. The normalized spacial score (nSPS) is 10.7.